The van der Waals surface area contributed by atoms with E-state index in [0.29, 0.717) is 18.8 Å². The fourth-order valence-electron chi connectivity index (χ4n) is 2.44. The predicted octanol–water partition coefficient (Wildman–Crippen LogP) is 1.23. The second kappa shape index (κ2) is 7.31. The number of morpholine rings is 1. The summed E-state index contributed by atoms with van der Waals surface area (Å²) >= 11 is 1.43. The normalized spacial score (nSPS) is 24.0. The molecule has 20 heavy (non-hydrogen) atoms. The highest BCUT2D eigenvalue weighted by Crippen LogP contribution is 2.16. The number of nitrogens with zero attached hydrogens (tertiary/aromatic N) is 4. The third kappa shape index (κ3) is 4.37. The van der Waals surface area contributed by atoms with Crippen LogP contribution in [0.1, 0.15) is 19.7 Å². The van der Waals surface area contributed by atoms with Gasteiger partial charge in [0.25, 0.3) is 0 Å². The summed E-state index contributed by atoms with van der Waals surface area (Å²) in [6.45, 7) is 8.71. The number of ether oxygens (including phenoxy) is 2. The molecule has 0 radical (unpaired) electrons. The van der Waals surface area contributed by atoms with Crippen molar-refractivity contribution in [2.75, 3.05) is 45.2 Å². The molecule has 1 saturated heterocycles. The molecular weight excluding hydrogens is 276 g/mol. The summed E-state index contributed by atoms with van der Waals surface area (Å²) in [5.41, 5.74) is 0. The van der Waals surface area contributed by atoms with Gasteiger partial charge in [-0.2, -0.15) is 4.37 Å². The first-order chi connectivity index (χ1) is 9.58. The second-order valence-corrected chi connectivity index (χ2v) is 6.09. The monoisotopic (exact) mass is 300 g/mol. The summed E-state index contributed by atoms with van der Waals surface area (Å²) in [7, 11) is 3.72. The summed E-state index contributed by atoms with van der Waals surface area (Å²) in [5.74, 6) is 0.757. The molecular formula is C13H24N4O2S. The zero-order valence-corrected chi connectivity index (χ0v) is 13.5. The number of rotatable bonds is 6. The lowest BCUT2D eigenvalue weighted by molar-refractivity contribution is -0.0670. The first-order valence-corrected chi connectivity index (χ1v) is 7.76. The number of anilines is 1. The Bertz CT molecular complexity index is 405. The lowest BCUT2D eigenvalue weighted by Crippen LogP contribution is -2.47. The lowest BCUT2D eigenvalue weighted by atomic mass is 10.2. The van der Waals surface area contributed by atoms with Crippen molar-refractivity contribution in [3.8, 4) is 0 Å². The zero-order valence-electron chi connectivity index (χ0n) is 12.7. The average Bonchev–Trinajstić information content (AvgIpc) is 2.84. The van der Waals surface area contributed by atoms with E-state index in [9.17, 15) is 0 Å². The second-order valence-electron chi connectivity index (χ2n) is 5.36. The van der Waals surface area contributed by atoms with Crippen LogP contribution in [0.5, 0.6) is 0 Å². The maximum absolute atomic E-state index is 5.75. The Morgan fingerprint density at radius 2 is 2.10 bits per heavy atom. The SMILES string of the molecule is COCc1nsc(N(C)CCN2C[C@@H](C)O[C@@H](C)C2)n1. The third-order valence-corrected chi connectivity index (χ3v) is 4.17. The molecule has 2 atom stereocenters. The molecule has 1 aromatic heterocycles. The Balaban J connectivity index is 1.80. The minimum absolute atomic E-state index is 0.318. The molecule has 1 aliphatic heterocycles. The predicted molar refractivity (Wildman–Crippen MR) is 80.3 cm³/mol. The van der Waals surface area contributed by atoms with E-state index in [-0.39, 0.29) is 0 Å². The maximum atomic E-state index is 5.75. The minimum atomic E-state index is 0.318. The number of likely N-dealkylation sites (N-methyl/N-ethyl adjacent to an activating group) is 1. The Labute approximate surface area is 124 Å². The summed E-state index contributed by atoms with van der Waals surface area (Å²) in [6.07, 6.45) is 0.637. The smallest absolute Gasteiger partial charge is 0.205 e. The first-order valence-electron chi connectivity index (χ1n) is 6.99. The topological polar surface area (TPSA) is 50.7 Å². The van der Waals surface area contributed by atoms with Crippen LogP contribution in [0.4, 0.5) is 5.13 Å². The highest BCUT2D eigenvalue weighted by Gasteiger charge is 2.22. The van der Waals surface area contributed by atoms with Crippen molar-refractivity contribution in [1.82, 2.24) is 14.3 Å². The molecule has 114 valence electrons. The van der Waals surface area contributed by atoms with Crippen LogP contribution in [0.25, 0.3) is 0 Å². The first kappa shape index (κ1) is 15.6. The molecule has 0 N–H and O–H groups in total. The molecule has 6 nitrogen and oxygen atoms in total. The number of hydrogen-bond acceptors (Lipinski definition) is 7. The summed E-state index contributed by atoms with van der Waals surface area (Å²) in [5, 5.41) is 0.950. The fourth-order valence-corrected chi connectivity index (χ4v) is 3.10. The van der Waals surface area contributed by atoms with Gasteiger partial charge in [0.1, 0.15) is 6.61 Å². The van der Waals surface area contributed by atoms with E-state index >= 15 is 0 Å². The van der Waals surface area contributed by atoms with Gasteiger partial charge in [-0.15, -0.1) is 0 Å². The van der Waals surface area contributed by atoms with Crippen molar-refractivity contribution < 1.29 is 9.47 Å². The van der Waals surface area contributed by atoms with Gasteiger partial charge >= 0.3 is 0 Å². The van der Waals surface area contributed by atoms with E-state index in [4.69, 9.17) is 9.47 Å². The van der Waals surface area contributed by atoms with Crippen LogP contribution in [0, 0.1) is 0 Å². The van der Waals surface area contributed by atoms with Crippen LogP contribution in [0.15, 0.2) is 0 Å². The van der Waals surface area contributed by atoms with Gasteiger partial charge in [-0.05, 0) is 13.8 Å². The molecule has 2 rings (SSSR count). The average molecular weight is 300 g/mol. The quantitative estimate of drug-likeness (QED) is 0.787. The molecule has 1 aromatic rings. The van der Waals surface area contributed by atoms with Crippen LogP contribution < -0.4 is 4.90 Å². The molecule has 2 heterocycles. The van der Waals surface area contributed by atoms with Crippen LogP contribution in [-0.2, 0) is 16.1 Å². The van der Waals surface area contributed by atoms with E-state index in [1.807, 2.05) is 0 Å². The Kier molecular flexibility index (Phi) is 5.71. The largest absolute Gasteiger partial charge is 0.377 e. The molecule has 1 aliphatic rings. The van der Waals surface area contributed by atoms with Crippen molar-refractivity contribution in [2.45, 2.75) is 32.7 Å². The van der Waals surface area contributed by atoms with Crippen LogP contribution >= 0.6 is 11.5 Å². The Morgan fingerprint density at radius 1 is 1.40 bits per heavy atom. The third-order valence-electron chi connectivity index (χ3n) is 3.30. The molecule has 0 spiro atoms. The van der Waals surface area contributed by atoms with Gasteiger partial charge in [0.15, 0.2) is 5.82 Å². The van der Waals surface area contributed by atoms with Crippen LogP contribution in [0.2, 0.25) is 0 Å². The number of methoxy groups -OCH3 is 1. The van der Waals surface area contributed by atoms with E-state index in [1.165, 1.54) is 11.5 Å². The molecule has 0 aliphatic carbocycles. The van der Waals surface area contributed by atoms with Crippen molar-refractivity contribution in [2.24, 2.45) is 0 Å². The van der Waals surface area contributed by atoms with Gasteiger partial charge < -0.3 is 14.4 Å². The molecule has 0 amide bonds. The Morgan fingerprint density at radius 3 is 2.75 bits per heavy atom. The minimum Gasteiger partial charge on any atom is -0.377 e. The van der Waals surface area contributed by atoms with Crippen molar-refractivity contribution in [3.05, 3.63) is 5.82 Å². The fraction of sp³-hybridized carbons (Fsp3) is 0.846. The number of aromatic nitrogens is 2. The molecule has 0 aromatic carbocycles. The van der Waals surface area contributed by atoms with Crippen LogP contribution in [0.3, 0.4) is 0 Å². The van der Waals surface area contributed by atoms with Crippen LogP contribution in [-0.4, -0.2) is 66.8 Å². The van der Waals surface area contributed by atoms with Gasteiger partial charge in [0, 0.05) is 51.9 Å². The zero-order chi connectivity index (χ0) is 14.5. The van der Waals surface area contributed by atoms with Crippen molar-refractivity contribution in [3.63, 3.8) is 0 Å². The molecule has 0 unspecified atom stereocenters. The van der Waals surface area contributed by atoms with Gasteiger partial charge in [-0.1, -0.05) is 0 Å². The van der Waals surface area contributed by atoms with Gasteiger partial charge in [-0.3, -0.25) is 4.90 Å². The molecule has 0 saturated carbocycles. The number of hydrogen-bond donors (Lipinski definition) is 0. The van der Waals surface area contributed by atoms with E-state index in [2.05, 4.69) is 40.1 Å². The molecule has 7 heteroatoms. The molecule has 1 fully saturated rings. The standard InChI is InChI=1S/C13H24N4O2S/c1-10-7-17(8-11(2)19-10)6-5-16(3)13-14-12(9-18-4)15-20-13/h10-11H,5-9H2,1-4H3/t10-,11+. The van der Waals surface area contributed by atoms with Crippen molar-refractivity contribution in [1.29, 1.82) is 0 Å². The summed E-state index contributed by atoms with van der Waals surface area (Å²) in [4.78, 5) is 9.06. The van der Waals surface area contributed by atoms with E-state index < -0.39 is 0 Å². The van der Waals surface area contributed by atoms with E-state index in [1.54, 1.807) is 7.11 Å². The Hall–Kier alpha value is -0.760. The van der Waals surface area contributed by atoms with Crippen molar-refractivity contribution >= 4 is 16.7 Å². The summed E-state index contributed by atoms with van der Waals surface area (Å²) < 4.78 is 15.1. The highest BCUT2D eigenvalue weighted by atomic mass is 32.1. The highest BCUT2D eigenvalue weighted by molar-refractivity contribution is 7.09. The van der Waals surface area contributed by atoms with E-state index in [0.717, 1.165) is 37.1 Å². The van der Waals surface area contributed by atoms with Gasteiger partial charge in [0.05, 0.1) is 12.2 Å². The molecule has 0 bridgehead atoms. The lowest BCUT2D eigenvalue weighted by Gasteiger charge is -2.36. The summed E-state index contributed by atoms with van der Waals surface area (Å²) in [6, 6.07) is 0. The maximum Gasteiger partial charge on any atom is 0.205 e. The van der Waals surface area contributed by atoms with Gasteiger partial charge in [-0.25, -0.2) is 4.98 Å². The van der Waals surface area contributed by atoms with Gasteiger partial charge in [0.2, 0.25) is 5.13 Å².